The van der Waals surface area contributed by atoms with E-state index in [0.717, 1.165) is 17.9 Å². The van der Waals surface area contributed by atoms with E-state index in [9.17, 15) is 0 Å². The first-order valence-electron chi connectivity index (χ1n) is 7.30. The van der Waals surface area contributed by atoms with Gasteiger partial charge in [0.05, 0.1) is 23.7 Å². The van der Waals surface area contributed by atoms with Gasteiger partial charge in [-0.3, -0.25) is 4.98 Å². The summed E-state index contributed by atoms with van der Waals surface area (Å²) in [5.41, 5.74) is 4.67. The van der Waals surface area contributed by atoms with Gasteiger partial charge in [-0.2, -0.15) is 0 Å². The van der Waals surface area contributed by atoms with Crippen LogP contribution in [0.1, 0.15) is 5.56 Å². The Kier molecular flexibility index (Phi) is 3.00. The lowest BCUT2D eigenvalue weighted by Gasteiger charge is -2.19. The number of aromatic nitrogens is 2. The first-order chi connectivity index (χ1) is 10.8. The molecule has 4 nitrogen and oxygen atoms in total. The Morgan fingerprint density at radius 2 is 2.09 bits per heavy atom. The number of nitrogens with zero attached hydrogens (tertiary/aromatic N) is 4. The zero-order valence-corrected chi connectivity index (χ0v) is 12.3. The van der Waals surface area contributed by atoms with Crippen LogP contribution in [-0.2, 0) is 0 Å². The van der Waals surface area contributed by atoms with Crippen molar-refractivity contribution in [3.63, 3.8) is 0 Å². The lowest BCUT2D eigenvalue weighted by molar-refractivity contribution is 1.07. The van der Waals surface area contributed by atoms with Crippen LogP contribution in [0.3, 0.4) is 0 Å². The van der Waals surface area contributed by atoms with E-state index in [0.29, 0.717) is 0 Å². The van der Waals surface area contributed by atoms with Gasteiger partial charge in [0.1, 0.15) is 0 Å². The van der Waals surface area contributed by atoms with Crippen LogP contribution in [0.2, 0.25) is 0 Å². The van der Waals surface area contributed by atoms with Gasteiger partial charge in [0.25, 0.3) is 0 Å². The predicted octanol–water partition coefficient (Wildman–Crippen LogP) is 3.70. The van der Waals surface area contributed by atoms with Crippen LogP contribution in [0.4, 0.5) is 5.69 Å². The zero-order chi connectivity index (χ0) is 14.9. The third-order valence-corrected chi connectivity index (χ3v) is 3.98. The predicted molar refractivity (Wildman–Crippen MR) is 90.8 cm³/mol. The van der Waals surface area contributed by atoms with E-state index in [1.54, 1.807) is 0 Å². The van der Waals surface area contributed by atoms with Crippen molar-refractivity contribution >= 4 is 22.9 Å². The molecule has 4 rings (SSSR count). The molecule has 0 saturated carbocycles. The SMILES string of the molecule is Cc1ccncc1-n1ccc2cc(N3C=NC=CC3)ccc21. The van der Waals surface area contributed by atoms with Crippen LogP contribution in [0.5, 0.6) is 0 Å². The van der Waals surface area contributed by atoms with E-state index in [-0.39, 0.29) is 0 Å². The van der Waals surface area contributed by atoms with Crippen molar-refractivity contribution in [1.29, 1.82) is 0 Å². The second-order valence-electron chi connectivity index (χ2n) is 5.39. The molecule has 108 valence electrons. The maximum absolute atomic E-state index is 4.25. The first kappa shape index (κ1) is 12.8. The molecule has 3 heterocycles. The number of anilines is 1. The van der Waals surface area contributed by atoms with Crippen molar-refractivity contribution in [2.24, 2.45) is 4.99 Å². The fourth-order valence-corrected chi connectivity index (χ4v) is 2.79. The number of aliphatic imine (C=N–C) groups is 1. The minimum atomic E-state index is 0.859. The highest BCUT2D eigenvalue weighted by atomic mass is 15.2. The van der Waals surface area contributed by atoms with Gasteiger partial charge in [-0.05, 0) is 48.9 Å². The second kappa shape index (κ2) is 5.15. The minimum Gasteiger partial charge on any atom is -0.329 e. The highest BCUT2D eigenvalue weighted by Crippen LogP contribution is 2.26. The molecule has 0 fully saturated rings. The van der Waals surface area contributed by atoms with Crippen LogP contribution in [-0.4, -0.2) is 22.4 Å². The topological polar surface area (TPSA) is 33.4 Å². The van der Waals surface area contributed by atoms with Gasteiger partial charge in [0.15, 0.2) is 0 Å². The molecular weight excluding hydrogens is 272 g/mol. The van der Waals surface area contributed by atoms with E-state index >= 15 is 0 Å². The van der Waals surface area contributed by atoms with E-state index in [2.05, 4.69) is 56.8 Å². The summed E-state index contributed by atoms with van der Waals surface area (Å²) in [5, 5.41) is 1.21. The van der Waals surface area contributed by atoms with Crippen molar-refractivity contribution in [2.75, 3.05) is 11.4 Å². The van der Waals surface area contributed by atoms with E-state index in [1.165, 1.54) is 16.5 Å². The molecule has 22 heavy (non-hydrogen) atoms. The summed E-state index contributed by atoms with van der Waals surface area (Å²) in [6.45, 7) is 2.96. The maximum Gasteiger partial charge on any atom is 0.0952 e. The molecule has 0 bridgehead atoms. The Hall–Kier alpha value is -2.88. The molecule has 0 amide bonds. The Labute approximate surface area is 129 Å². The van der Waals surface area contributed by atoms with Crippen LogP contribution in [0.15, 0.2) is 66.2 Å². The fourth-order valence-electron chi connectivity index (χ4n) is 2.79. The number of aryl methyl sites for hydroxylation is 1. The van der Waals surface area contributed by atoms with Gasteiger partial charge in [-0.25, -0.2) is 4.99 Å². The van der Waals surface area contributed by atoms with Gasteiger partial charge >= 0.3 is 0 Å². The van der Waals surface area contributed by atoms with Crippen LogP contribution in [0.25, 0.3) is 16.6 Å². The van der Waals surface area contributed by atoms with E-state index in [1.807, 2.05) is 37.1 Å². The number of benzene rings is 1. The molecule has 2 aromatic heterocycles. The quantitative estimate of drug-likeness (QED) is 0.720. The summed E-state index contributed by atoms with van der Waals surface area (Å²) >= 11 is 0. The molecule has 0 aliphatic carbocycles. The molecule has 0 radical (unpaired) electrons. The molecule has 0 atom stereocenters. The van der Waals surface area contributed by atoms with Crippen molar-refractivity contribution in [3.8, 4) is 5.69 Å². The highest BCUT2D eigenvalue weighted by molar-refractivity contribution is 5.90. The summed E-state index contributed by atoms with van der Waals surface area (Å²) in [4.78, 5) is 10.6. The second-order valence-corrected chi connectivity index (χ2v) is 5.39. The Morgan fingerprint density at radius 1 is 1.14 bits per heavy atom. The molecule has 0 N–H and O–H groups in total. The van der Waals surface area contributed by atoms with Gasteiger partial charge in [0.2, 0.25) is 0 Å². The largest absolute Gasteiger partial charge is 0.329 e. The molecular formula is C18H16N4. The highest BCUT2D eigenvalue weighted by Gasteiger charge is 2.09. The molecule has 4 heteroatoms. The Morgan fingerprint density at radius 3 is 2.91 bits per heavy atom. The maximum atomic E-state index is 4.25. The van der Waals surface area contributed by atoms with Crippen LogP contribution >= 0.6 is 0 Å². The van der Waals surface area contributed by atoms with Gasteiger partial charge in [0, 0.05) is 36.2 Å². The van der Waals surface area contributed by atoms with Crippen molar-refractivity contribution < 1.29 is 0 Å². The third-order valence-electron chi connectivity index (χ3n) is 3.98. The zero-order valence-electron chi connectivity index (χ0n) is 12.3. The number of pyridine rings is 1. The number of fused-ring (bicyclic) bond motifs is 1. The van der Waals surface area contributed by atoms with Gasteiger partial charge in [-0.1, -0.05) is 0 Å². The van der Waals surface area contributed by atoms with Gasteiger partial charge < -0.3 is 9.47 Å². The standard InChI is InChI=1S/C18H16N4/c1-14-5-8-19-12-18(14)22-10-6-15-11-16(3-4-17(15)22)21-9-2-7-20-13-21/h2-8,10-13H,9H2,1H3. The Bertz CT molecular complexity index is 889. The lowest BCUT2D eigenvalue weighted by Crippen LogP contribution is -2.22. The number of hydrogen-bond acceptors (Lipinski definition) is 3. The lowest BCUT2D eigenvalue weighted by atomic mass is 10.2. The average Bonchev–Trinajstić information content (AvgIpc) is 2.99. The summed E-state index contributed by atoms with van der Waals surface area (Å²) in [5.74, 6) is 0. The molecule has 0 unspecified atom stereocenters. The first-order valence-corrected chi connectivity index (χ1v) is 7.30. The molecule has 0 saturated heterocycles. The number of rotatable bonds is 2. The average molecular weight is 288 g/mol. The summed E-state index contributed by atoms with van der Waals surface area (Å²) in [6.07, 6.45) is 11.6. The molecule has 1 aliphatic rings. The van der Waals surface area contributed by atoms with Crippen LogP contribution < -0.4 is 4.90 Å². The van der Waals surface area contributed by atoms with Crippen molar-refractivity contribution in [2.45, 2.75) is 6.92 Å². The molecule has 3 aromatic rings. The summed E-state index contributed by atoms with van der Waals surface area (Å²) in [6, 6.07) is 10.7. The van der Waals surface area contributed by atoms with Crippen molar-refractivity contribution in [3.05, 3.63) is 66.8 Å². The van der Waals surface area contributed by atoms with Crippen molar-refractivity contribution in [1.82, 2.24) is 9.55 Å². The summed E-state index contributed by atoms with van der Waals surface area (Å²) in [7, 11) is 0. The number of hydrogen-bond donors (Lipinski definition) is 0. The van der Waals surface area contributed by atoms with E-state index < -0.39 is 0 Å². The summed E-state index contributed by atoms with van der Waals surface area (Å²) < 4.78 is 2.19. The normalized spacial score (nSPS) is 14.0. The van der Waals surface area contributed by atoms with Gasteiger partial charge in [-0.15, -0.1) is 0 Å². The van der Waals surface area contributed by atoms with E-state index in [4.69, 9.17) is 0 Å². The molecule has 1 aromatic carbocycles. The molecule has 1 aliphatic heterocycles. The third kappa shape index (κ3) is 2.09. The minimum absolute atomic E-state index is 0.859. The monoisotopic (exact) mass is 288 g/mol. The Balaban J connectivity index is 1.79. The molecule has 0 spiro atoms. The smallest absolute Gasteiger partial charge is 0.0952 e. The van der Waals surface area contributed by atoms with Crippen LogP contribution in [0, 0.1) is 6.92 Å². The fraction of sp³-hybridized carbons (Fsp3) is 0.111.